The van der Waals surface area contributed by atoms with E-state index < -0.39 is 20.0 Å². The van der Waals surface area contributed by atoms with Gasteiger partial charge in [-0.25, -0.2) is 36.8 Å². The minimum absolute atomic E-state index is 0.00390. The Bertz CT molecular complexity index is 2200. The van der Waals surface area contributed by atoms with Crippen LogP contribution in [0.3, 0.4) is 0 Å². The largest absolute Gasteiger partial charge is 0.478 e. The highest BCUT2D eigenvalue weighted by molar-refractivity contribution is 9.10. The van der Waals surface area contributed by atoms with E-state index in [-0.39, 0.29) is 55.4 Å². The van der Waals surface area contributed by atoms with E-state index in [1.54, 1.807) is 12.1 Å². The number of nitriles is 1. The lowest BCUT2D eigenvalue weighted by Crippen LogP contribution is -2.16. The van der Waals surface area contributed by atoms with Crippen molar-refractivity contribution in [1.82, 2.24) is 25.3 Å². The molecule has 3 heterocycles. The number of rotatable bonds is 12. The number of nitrogens with zero attached hydrogens (tertiary/aromatic N) is 5. The molecule has 3 aromatic heterocycles. The Morgan fingerprint density at radius 2 is 1.53 bits per heavy atom. The first-order chi connectivity index (χ1) is 23.4. The van der Waals surface area contributed by atoms with Crippen LogP contribution < -0.4 is 24.2 Å². The summed E-state index contributed by atoms with van der Waals surface area (Å²) in [5, 5.41) is 12.0. The van der Waals surface area contributed by atoms with E-state index in [9.17, 15) is 16.8 Å². The van der Waals surface area contributed by atoms with E-state index in [0.717, 1.165) is 5.76 Å². The van der Waals surface area contributed by atoms with Crippen molar-refractivity contribution in [1.29, 1.82) is 5.26 Å². The highest BCUT2D eigenvalue weighted by Gasteiger charge is 2.23. The lowest BCUT2D eigenvalue weighted by molar-refractivity contribution is 0.257. The number of halogens is 3. The second kappa shape index (κ2) is 16.7. The molecule has 5 rings (SSSR count). The molecule has 15 nitrogen and oxygen atoms in total. The topological polar surface area (TPSA) is 211 Å². The second-order valence-corrected chi connectivity index (χ2v) is 14.2. The summed E-state index contributed by atoms with van der Waals surface area (Å²) in [7, 11) is -4.87. The van der Waals surface area contributed by atoms with Gasteiger partial charge in [-0.3, -0.25) is 9.44 Å². The van der Waals surface area contributed by atoms with Gasteiger partial charge in [0.05, 0.1) is 35.5 Å². The summed E-state index contributed by atoms with van der Waals surface area (Å²) < 4.78 is 71.1. The van der Waals surface area contributed by atoms with E-state index in [0.29, 0.717) is 16.9 Å². The molecule has 0 saturated carbocycles. The molecule has 0 radical (unpaired) electrons. The standard InChI is InChI=1S/C17H16Cl2N4O4S.C12H9BrN4O3S/c1-20-9-11-5-6-12(27-11)10-26-17-16(21-7-8-22-17)23-28(24,25)14-4-2-3-13(18)15(14)19;1-20-12-11(15-7-10(13)16-12)17-21(18,19)9-5-3-2-4-8(9)6-14/h2-8,20H,9-10H2,1H3,(H,21,23);2-5,7H,1H3,(H,15,17). The van der Waals surface area contributed by atoms with Crippen molar-refractivity contribution < 1.29 is 30.7 Å². The van der Waals surface area contributed by atoms with Crippen LogP contribution in [0, 0.1) is 11.3 Å². The number of methoxy groups -OCH3 is 1. The SMILES string of the molecule is CNCc1ccc(COc2nccnc2NS(=O)(=O)c2cccc(Cl)c2Cl)o1.COc1nc(Br)cnc1NS(=O)(=O)c1ccccc1C#N. The molecule has 0 unspecified atom stereocenters. The molecule has 0 bridgehead atoms. The van der Waals surface area contributed by atoms with Crippen LogP contribution in [0.2, 0.25) is 10.0 Å². The van der Waals surface area contributed by atoms with E-state index in [4.69, 9.17) is 42.4 Å². The Hall–Kier alpha value is -4.51. The Morgan fingerprint density at radius 1 is 0.878 bits per heavy atom. The van der Waals surface area contributed by atoms with Crippen molar-refractivity contribution in [2.75, 3.05) is 23.6 Å². The Labute approximate surface area is 299 Å². The maximum Gasteiger partial charge on any atom is 0.264 e. The van der Waals surface area contributed by atoms with Gasteiger partial charge in [0.15, 0.2) is 0 Å². The van der Waals surface area contributed by atoms with E-state index in [2.05, 4.69) is 50.6 Å². The normalized spacial score (nSPS) is 11.1. The third-order valence-corrected chi connectivity index (χ3v) is 10.0. The van der Waals surface area contributed by atoms with Gasteiger partial charge in [-0.1, -0.05) is 41.4 Å². The first-order valence-corrected chi connectivity index (χ1v) is 18.1. The van der Waals surface area contributed by atoms with Gasteiger partial charge in [0.2, 0.25) is 11.6 Å². The van der Waals surface area contributed by atoms with Crippen LogP contribution >= 0.6 is 39.1 Å². The number of aromatic nitrogens is 4. The smallest absolute Gasteiger partial charge is 0.264 e. The zero-order valence-electron chi connectivity index (χ0n) is 25.4. The van der Waals surface area contributed by atoms with Gasteiger partial charge in [0, 0.05) is 12.4 Å². The van der Waals surface area contributed by atoms with Gasteiger partial charge in [-0.15, -0.1) is 0 Å². The summed E-state index contributed by atoms with van der Waals surface area (Å²) in [6.07, 6.45) is 4.05. The Morgan fingerprint density at radius 3 is 2.24 bits per heavy atom. The van der Waals surface area contributed by atoms with Crippen molar-refractivity contribution in [2.24, 2.45) is 0 Å². The summed E-state index contributed by atoms with van der Waals surface area (Å²) in [6, 6.07) is 15.6. The second-order valence-electron chi connectivity index (χ2n) is 9.32. The van der Waals surface area contributed by atoms with Crippen LogP contribution in [-0.4, -0.2) is 50.9 Å². The number of sulfonamides is 2. The first-order valence-electron chi connectivity index (χ1n) is 13.6. The maximum atomic E-state index is 12.7. The van der Waals surface area contributed by atoms with Crippen LogP contribution in [0.4, 0.5) is 11.6 Å². The monoisotopic (exact) mass is 810 g/mol. The summed E-state index contributed by atoms with van der Waals surface area (Å²) in [6.45, 7) is 0.631. The average molecular weight is 813 g/mol. The van der Waals surface area contributed by atoms with Crippen molar-refractivity contribution in [2.45, 2.75) is 22.9 Å². The molecule has 256 valence electrons. The summed E-state index contributed by atoms with van der Waals surface area (Å²) >= 11 is 15.0. The highest BCUT2D eigenvalue weighted by atomic mass is 79.9. The minimum Gasteiger partial charge on any atom is -0.478 e. The lowest BCUT2D eigenvalue weighted by Gasteiger charge is -2.12. The van der Waals surface area contributed by atoms with Gasteiger partial charge >= 0.3 is 0 Å². The Balaban J connectivity index is 0.000000230. The molecule has 0 aliphatic rings. The number of nitrogens with one attached hydrogen (secondary N) is 3. The third-order valence-electron chi connectivity index (χ3n) is 5.95. The molecule has 5 aromatic rings. The van der Waals surface area contributed by atoms with Crippen molar-refractivity contribution in [3.63, 3.8) is 0 Å². The third kappa shape index (κ3) is 9.78. The van der Waals surface area contributed by atoms with Crippen molar-refractivity contribution in [3.05, 3.63) is 105 Å². The molecule has 0 spiro atoms. The molecular formula is C29H25BrCl2N8O7S2. The highest BCUT2D eigenvalue weighted by Crippen LogP contribution is 2.31. The molecule has 0 amide bonds. The fourth-order valence-electron chi connectivity index (χ4n) is 3.82. The Kier molecular flexibility index (Phi) is 12.7. The molecule has 0 saturated heterocycles. The van der Waals surface area contributed by atoms with Gasteiger partial charge in [0.1, 0.15) is 38.6 Å². The van der Waals surface area contributed by atoms with E-state index in [1.165, 1.54) is 62.1 Å². The van der Waals surface area contributed by atoms with Gasteiger partial charge in [-0.2, -0.15) is 5.26 Å². The van der Waals surface area contributed by atoms with Gasteiger partial charge in [0.25, 0.3) is 31.8 Å². The van der Waals surface area contributed by atoms with Crippen LogP contribution in [0.15, 0.2) is 92.0 Å². The summed E-state index contributed by atoms with van der Waals surface area (Å²) in [5.41, 5.74) is 0.0361. The molecule has 0 aliphatic carbocycles. The lowest BCUT2D eigenvalue weighted by atomic mass is 10.2. The number of anilines is 2. The summed E-state index contributed by atoms with van der Waals surface area (Å²) in [4.78, 5) is 15.6. The van der Waals surface area contributed by atoms with E-state index in [1.807, 2.05) is 19.2 Å². The van der Waals surface area contributed by atoms with Crippen molar-refractivity contribution >= 4 is 70.8 Å². The molecule has 0 atom stereocenters. The van der Waals surface area contributed by atoms with Crippen LogP contribution in [-0.2, 0) is 33.2 Å². The predicted octanol–water partition coefficient (Wildman–Crippen LogP) is 5.40. The van der Waals surface area contributed by atoms with E-state index >= 15 is 0 Å². The predicted molar refractivity (Wildman–Crippen MR) is 183 cm³/mol. The molecule has 0 aliphatic heterocycles. The number of hydrogen-bond acceptors (Lipinski definition) is 13. The molecule has 2 aromatic carbocycles. The molecule has 49 heavy (non-hydrogen) atoms. The summed E-state index contributed by atoms with van der Waals surface area (Å²) in [5.74, 6) is 1.17. The molecular weight excluding hydrogens is 787 g/mol. The zero-order chi connectivity index (χ0) is 35.6. The van der Waals surface area contributed by atoms with Crippen molar-refractivity contribution in [3.8, 4) is 17.8 Å². The first kappa shape index (κ1) is 37.3. The minimum atomic E-state index is -4.06. The number of hydrogen-bond donors (Lipinski definition) is 3. The zero-order valence-corrected chi connectivity index (χ0v) is 30.1. The van der Waals surface area contributed by atoms with Crippen LogP contribution in [0.25, 0.3) is 0 Å². The number of benzene rings is 2. The molecule has 20 heteroatoms. The fraction of sp³-hybridized carbons (Fsp3) is 0.138. The molecule has 0 fully saturated rings. The van der Waals surface area contributed by atoms with Crippen LogP contribution in [0.1, 0.15) is 17.1 Å². The van der Waals surface area contributed by atoms with Gasteiger partial charge in [-0.05, 0) is 59.4 Å². The number of furan rings is 1. The number of ether oxygens (including phenoxy) is 2. The molecule has 3 N–H and O–H groups in total. The maximum absolute atomic E-state index is 12.7. The van der Waals surface area contributed by atoms with Gasteiger partial charge < -0.3 is 19.2 Å². The average Bonchev–Trinajstić information content (AvgIpc) is 3.53. The fourth-order valence-corrected chi connectivity index (χ4v) is 7.02. The van der Waals surface area contributed by atoms with Crippen LogP contribution in [0.5, 0.6) is 11.8 Å². The quantitative estimate of drug-likeness (QED) is 0.144.